The summed E-state index contributed by atoms with van der Waals surface area (Å²) in [6.45, 7) is 11.0. The Bertz CT molecular complexity index is 3360. The maximum absolute atomic E-state index is 14.1. The number of piperidine rings is 2. The SMILES string of the molecule is COc1c(NC(=O)CN2CCC(CCCOc3cccc(-c4ccc(N5CCc6cccc(C(=O)Nc7nc8ccccc8s7)c6C5)nc4C(=O)OC(C)(C)C)c3C)CC2)ccc2c(C3CCC(=O)NC3=O)nn(C)c12. The Kier molecular flexibility index (Phi) is 14.9. The summed E-state index contributed by atoms with van der Waals surface area (Å²) < 4.78 is 20.9. The summed E-state index contributed by atoms with van der Waals surface area (Å²) in [6, 6.07) is 27.0. The van der Waals surface area contributed by atoms with Gasteiger partial charge >= 0.3 is 5.97 Å². The highest BCUT2D eigenvalue weighted by Gasteiger charge is 2.33. The standard InChI is InChI=1S/C58H63N9O8S/c1-34-37(38-20-23-47(61-51(38)56(72)75-58(2,3)4)67-30-27-36-13-9-15-39(42(36)32-67)54(70)63-57-60-43-16-7-8-18-46(43)76-57)14-10-17-45(34)74-31-11-12-35-25-28-66(29-26-35)33-49(69)59-44-22-19-40-50(41-21-24-48(68)62-55(41)71)64-65(5)52(40)53(44)73-6/h7-10,13-20,22-23,35,41H,11-12,21,24-33H2,1-6H3,(H,59,69)(H,60,63,70)(H,62,68,71). The molecule has 76 heavy (non-hydrogen) atoms. The van der Waals surface area contributed by atoms with Crippen LogP contribution in [0, 0.1) is 12.8 Å². The number of rotatable bonds is 15. The van der Waals surface area contributed by atoms with Crippen molar-refractivity contribution in [1.29, 1.82) is 0 Å². The number of nitrogens with one attached hydrogen (secondary N) is 3. The second kappa shape index (κ2) is 21.9. The molecule has 6 heterocycles. The molecule has 1 unspecified atom stereocenters. The Morgan fingerprint density at radius 2 is 1.67 bits per heavy atom. The summed E-state index contributed by atoms with van der Waals surface area (Å²) in [4.78, 5) is 79.6. The number of carbonyl (C=O) groups is 5. The van der Waals surface area contributed by atoms with Crippen molar-refractivity contribution in [2.75, 3.05) is 55.4 Å². The van der Waals surface area contributed by atoms with E-state index in [2.05, 4.69) is 41.9 Å². The summed E-state index contributed by atoms with van der Waals surface area (Å²) >= 11 is 1.44. The molecule has 3 aliphatic heterocycles. The first kappa shape index (κ1) is 51.8. The highest BCUT2D eigenvalue weighted by Crippen LogP contribution is 2.40. The molecule has 17 nitrogen and oxygen atoms in total. The molecule has 3 aromatic heterocycles. The Balaban J connectivity index is 0.747. The van der Waals surface area contributed by atoms with E-state index in [4.69, 9.17) is 19.2 Å². The van der Waals surface area contributed by atoms with Crippen LogP contribution in [0.3, 0.4) is 0 Å². The number of thiazole rings is 1. The van der Waals surface area contributed by atoms with E-state index in [-0.39, 0.29) is 42.3 Å². The highest BCUT2D eigenvalue weighted by atomic mass is 32.1. The van der Waals surface area contributed by atoms with Gasteiger partial charge in [0.2, 0.25) is 17.7 Å². The predicted molar refractivity (Wildman–Crippen MR) is 293 cm³/mol. The van der Waals surface area contributed by atoms with Gasteiger partial charge in [-0.1, -0.05) is 47.7 Å². The minimum Gasteiger partial charge on any atom is -0.493 e. The van der Waals surface area contributed by atoms with E-state index in [9.17, 15) is 24.0 Å². The average molecular weight is 1050 g/mol. The van der Waals surface area contributed by atoms with E-state index in [0.29, 0.717) is 83.2 Å². The van der Waals surface area contributed by atoms with Crippen molar-refractivity contribution in [2.24, 2.45) is 13.0 Å². The number of esters is 1. The van der Waals surface area contributed by atoms with Crippen molar-refractivity contribution in [2.45, 2.75) is 90.7 Å². The monoisotopic (exact) mass is 1050 g/mol. The fraction of sp³-hybridized carbons (Fsp3) is 0.379. The Morgan fingerprint density at radius 1 is 0.868 bits per heavy atom. The molecular weight excluding hydrogens is 983 g/mol. The van der Waals surface area contributed by atoms with Crippen LogP contribution in [-0.2, 0) is 39.1 Å². The van der Waals surface area contributed by atoms with Crippen LogP contribution in [0.4, 0.5) is 16.6 Å². The molecule has 0 saturated carbocycles. The van der Waals surface area contributed by atoms with E-state index < -0.39 is 17.5 Å². The normalized spacial score (nSPS) is 16.3. The van der Waals surface area contributed by atoms with Gasteiger partial charge < -0.3 is 24.4 Å². The maximum Gasteiger partial charge on any atom is 0.358 e. The molecule has 0 aliphatic carbocycles. The van der Waals surface area contributed by atoms with Crippen LogP contribution in [0.15, 0.2) is 84.9 Å². The van der Waals surface area contributed by atoms with Gasteiger partial charge in [0.15, 0.2) is 16.6 Å². The number of aromatic nitrogens is 4. The number of hydrogen-bond donors (Lipinski definition) is 3. The number of methoxy groups -OCH3 is 1. The molecule has 0 spiro atoms. The van der Waals surface area contributed by atoms with Crippen molar-refractivity contribution in [3.05, 3.63) is 119 Å². The number of fused-ring (bicyclic) bond motifs is 3. The third kappa shape index (κ3) is 11.1. The fourth-order valence-corrected chi connectivity index (χ4v) is 11.6. The van der Waals surface area contributed by atoms with E-state index in [1.807, 2.05) is 100 Å². The van der Waals surface area contributed by atoms with Crippen LogP contribution >= 0.6 is 11.3 Å². The molecule has 1 atom stereocenters. The molecule has 0 radical (unpaired) electrons. The van der Waals surface area contributed by atoms with Crippen molar-refractivity contribution in [3.8, 4) is 22.6 Å². The van der Waals surface area contributed by atoms with Gasteiger partial charge in [-0.05, 0) is 156 Å². The number of pyridine rings is 1. The molecule has 0 bridgehead atoms. The lowest BCUT2D eigenvalue weighted by atomic mass is 9.92. The summed E-state index contributed by atoms with van der Waals surface area (Å²) in [6.07, 6.45) is 5.12. The molecule has 3 aliphatic rings. The number of ether oxygens (including phenoxy) is 3. The lowest BCUT2D eigenvalue weighted by Crippen LogP contribution is -2.39. The molecule has 394 valence electrons. The second-order valence-electron chi connectivity index (χ2n) is 20.9. The van der Waals surface area contributed by atoms with Crippen LogP contribution < -0.4 is 30.3 Å². The highest BCUT2D eigenvalue weighted by molar-refractivity contribution is 7.22. The Labute approximate surface area is 445 Å². The number of benzene rings is 4. The molecular formula is C58H63N9O8S. The zero-order chi connectivity index (χ0) is 53.3. The minimum absolute atomic E-state index is 0.147. The van der Waals surface area contributed by atoms with Crippen LogP contribution in [-0.4, -0.2) is 99.7 Å². The van der Waals surface area contributed by atoms with Gasteiger partial charge in [-0.3, -0.25) is 39.4 Å². The van der Waals surface area contributed by atoms with Gasteiger partial charge in [0.1, 0.15) is 22.7 Å². The zero-order valence-corrected chi connectivity index (χ0v) is 44.6. The summed E-state index contributed by atoms with van der Waals surface area (Å²) in [5.41, 5.74) is 6.98. The summed E-state index contributed by atoms with van der Waals surface area (Å²) in [5.74, 6) is 0.214. The van der Waals surface area contributed by atoms with E-state index in [1.54, 1.807) is 24.9 Å². The molecule has 4 aromatic carbocycles. The van der Waals surface area contributed by atoms with Crippen molar-refractivity contribution < 1.29 is 38.2 Å². The smallest absolute Gasteiger partial charge is 0.358 e. The van der Waals surface area contributed by atoms with E-state index in [1.165, 1.54) is 11.3 Å². The third-order valence-electron chi connectivity index (χ3n) is 14.5. The summed E-state index contributed by atoms with van der Waals surface area (Å²) in [7, 11) is 3.31. The lowest BCUT2D eigenvalue weighted by molar-refractivity contribution is -0.134. The molecule has 18 heteroatoms. The second-order valence-corrected chi connectivity index (χ2v) is 21.9. The van der Waals surface area contributed by atoms with Gasteiger partial charge in [0.25, 0.3) is 5.91 Å². The fourth-order valence-electron chi connectivity index (χ4n) is 10.7. The zero-order valence-electron chi connectivity index (χ0n) is 43.8. The predicted octanol–water partition coefficient (Wildman–Crippen LogP) is 9.36. The van der Waals surface area contributed by atoms with Crippen LogP contribution in [0.25, 0.3) is 32.2 Å². The van der Waals surface area contributed by atoms with Crippen molar-refractivity contribution in [3.63, 3.8) is 0 Å². The van der Waals surface area contributed by atoms with Gasteiger partial charge in [-0.25, -0.2) is 14.8 Å². The molecule has 3 N–H and O–H groups in total. The molecule has 4 amide bonds. The Morgan fingerprint density at radius 3 is 2.45 bits per heavy atom. The van der Waals surface area contributed by atoms with Crippen molar-refractivity contribution in [1.82, 2.24) is 30.0 Å². The third-order valence-corrected chi connectivity index (χ3v) is 15.5. The van der Waals surface area contributed by atoms with Gasteiger partial charge in [0.05, 0.1) is 47.8 Å². The number of para-hydroxylation sites is 1. The first-order valence-corrected chi connectivity index (χ1v) is 26.8. The number of hydrogen-bond acceptors (Lipinski definition) is 14. The number of amides is 4. The molecule has 2 saturated heterocycles. The number of anilines is 3. The van der Waals surface area contributed by atoms with Gasteiger partial charge in [-0.15, -0.1) is 0 Å². The summed E-state index contributed by atoms with van der Waals surface area (Å²) in [5, 5.41) is 14.4. The van der Waals surface area contributed by atoms with E-state index >= 15 is 0 Å². The molecule has 2 fully saturated rings. The average Bonchev–Trinajstić information content (AvgIpc) is 4.00. The first-order valence-electron chi connectivity index (χ1n) is 26.0. The number of imide groups is 1. The van der Waals surface area contributed by atoms with Gasteiger partial charge in [-0.2, -0.15) is 5.10 Å². The van der Waals surface area contributed by atoms with Crippen LogP contribution in [0.1, 0.15) is 108 Å². The molecule has 10 rings (SSSR count). The van der Waals surface area contributed by atoms with Crippen molar-refractivity contribution >= 4 is 78.7 Å². The Hall–Kier alpha value is -7.70. The molecule has 7 aromatic rings. The maximum atomic E-state index is 14.1. The largest absolute Gasteiger partial charge is 0.493 e. The topological polar surface area (TPSA) is 199 Å². The van der Waals surface area contributed by atoms with Crippen LogP contribution in [0.5, 0.6) is 11.5 Å². The number of nitrogens with zero attached hydrogens (tertiary/aromatic N) is 6. The number of carbonyl (C=O) groups excluding carboxylic acids is 5. The number of aryl methyl sites for hydroxylation is 1. The number of likely N-dealkylation sites (tertiary alicyclic amines) is 1. The quantitative estimate of drug-likeness (QED) is 0.0499. The lowest BCUT2D eigenvalue weighted by Gasteiger charge is -2.31. The van der Waals surface area contributed by atoms with E-state index in [0.717, 1.165) is 82.4 Å². The first-order chi connectivity index (χ1) is 36.6. The van der Waals surface area contributed by atoms with Crippen LogP contribution in [0.2, 0.25) is 0 Å². The van der Waals surface area contributed by atoms with Gasteiger partial charge in [0, 0.05) is 43.1 Å². The minimum atomic E-state index is -0.756.